The number of halogens is 5. The third kappa shape index (κ3) is 5.61. The molecule has 9 heteroatoms. The maximum atomic E-state index is 13.2. The topological polar surface area (TPSA) is 35.6 Å². The van der Waals surface area contributed by atoms with Crippen LogP contribution in [0, 0.1) is 5.82 Å². The number of nitrogens with one attached hydrogen (secondary N) is 1. The Hall–Kier alpha value is -2.32. The van der Waals surface area contributed by atoms with Gasteiger partial charge in [-0.3, -0.25) is 9.69 Å². The Morgan fingerprint density at radius 2 is 1.76 bits per heavy atom. The fourth-order valence-corrected chi connectivity index (χ4v) is 3.53. The van der Waals surface area contributed by atoms with E-state index in [0.29, 0.717) is 19.6 Å². The first-order valence-electron chi connectivity index (χ1n) is 9.12. The van der Waals surface area contributed by atoms with Crippen LogP contribution in [0.15, 0.2) is 42.5 Å². The summed E-state index contributed by atoms with van der Waals surface area (Å²) in [5, 5.41) is 2.15. The van der Waals surface area contributed by atoms with Gasteiger partial charge in [-0.15, -0.1) is 0 Å². The Morgan fingerprint density at radius 1 is 1.03 bits per heavy atom. The number of benzene rings is 2. The maximum absolute atomic E-state index is 13.2. The largest absolute Gasteiger partial charge is 0.418 e. The lowest BCUT2D eigenvalue weighted by atomic mass is 10.1. The van der Waals surface area contributed by atoms with Gasteiger partial charge in [0.2, 0.25) is 5.91 Å². The number of nitrogens with zero attached hydrogens (tertiary/aromatic N) is 2. The molecule has 0 aromatic heterocycles. The zero-order valence-corrected chi connectivity index (χ0v) is 16.2. The van der Waals surface area contributed by atoms with Crippen LogP contribution in [0.1, 0.15) is 12.0 Å². The van der Waals surface area contributed by atoms with Crippen molar-refractivity contribution < 1.29 is 22.4 Å². The minimum atomic E-state index is -4.62. The number of hydrogen-bond acceptors (Lipinski definition) is 3. The zero-order chi connectivity index (χ0) is 21.0. The van der Waals surface area contributed by atoms with E-state index in [9.17, 15) is 22.4 Å². The molecule has 1 aliphatic heterocycles. The van der Waals surface area contributed by atoms with Crippen molar-refractivity contribution >= 4 is 28.9 Å². The lowest BCUT2D eigenvalue weighted by Crippen LogP contribution is -2.36. The van der Waals surface area contributed by atoms with Crippen LogP contribution in [-0.2, 0) is 11.0 Å². The number of hydrogen-bond donors (Lipinski definition) is 1. The molecule has 0 unspecified atom stereocenters. The Labute approximate surface area is 171 Å². The fourth-order valence-electron chi connectivity index (χ4n) is 3.31. The Bertz CT molecular complexity index is 858. The van der Waals surface area contributed by atoms with E-state index in [1.54, 1.807) is 12.1 Å². The summed E-state index contributed by atoms with van der Waals surface area (Å²) in [5.41, 5.74) is -0.505. The summed E-state index contributed by atoms with van der Waals surface area (Å²) >= 11 is 5.88. The van der Waals surface area contributed by atoms with E-state index in [1.807, 2.05) is 4.90 Å². The Morgan fingerprint density at radius 3 is 2.45 bits per heavy atom. The second kappa shape index (κ2) is 9.00. The van der Waals surface area contributed by atoms with Crippen LogP contribution < -0.4 is 10.2 Å². The molecule has 29 heavy (non-hydrogen) atoms. The summed E-state index contributed by atoms with van der Waals surface area (Å²) in [6.07, 6.45) is -3.85. The summed E-state index contributed by atoms with van der Waals surface area (Å²) in [4.78, 5) is 16.3. The molecule has 156 valence electrons. The zero-order valence-electron chi connectivity index (χ0n) is 15.5. The number of anilines is 2. The predicted octanol–water partition coefficient (Wildman–Crippen LogP) is 4.65. The van der Waals surface area contributed by atoms with Gasteiger partial charge in [-0.05, 0) is 42.8 Å². The molecule has 1 saturated heterocycles. The van der Waals surface area contributed by atoms with Crippen molar-refractivity contribution in [1.82, 2.24) is 4.90 Å². The highest BCUT2D eigenvalue weighted by atomic mass is 35.5. The summed E-state index contributed by atoms with van der Waals surface area (Å²) in [7, 11) is 0. The van der Waals surface area contributed by atoms with Crippen LogP contribution in [0.2, 0.25) is 5.02 Å². The van der Waals surface area contributed by atoms with Crippen LogP contribution in [0.3, 0.4) is 0 Å². The van der Waals surface area contributed by atoms with Gasteiger partial charge in [-0.2, -0.15) is 13.2 Å². The van der Waals surface area contributed by atoms with Crippen molar-refractivity contribution in [3.05, 3.63) is 58.9 Å². The van der Waals surface area contributed by atoms with E-state index >= 15 is 0 Å². The van der Waals surface area contributed by atoms with Gasteiger partial charge in [0.1, 0.15) is 5.82 Å². The summed E-state index contributed by atoms with van der Waals surface area (Å²) < 4.78 is 52.6. The van der Waals surface area contributed by atoms with Crippen LogP contribution in [0.5, 0.6) is 0 Å². The molecule has 2 aromatic rings. The number of amides is 1. The van der Waals surface area contributed by atoms with Crippen molar-refractivity contribution in [2.24, 2.45) is 0 Å². The standard InChI is InChI=1S/C20H20ClF4N3O/c21-17-4-1-3-16(20(23,24)25)19(17)26-18(29)13-27-9-2-10-28(12-11-27)15-7-5-14(22)6-8-15/h1,3-8H,2,9-13H2,(H,26,29). The van der Waals surface area contributed by atoms with Crippen LogP contribution in [0.25, 0.3) is 0 Å². The quantitative estimate of drug-likeness (QED) is 0.719. The summed E-state index contributed by atoms with van der Waals surface area (Å²) in [6.45, 7) is 2.50. The molecule has 4 nitrogen and oxygen atoms in total. The molecule has 1 heterocycles. The molecule has 0 radical (unpaired) electrons. The first-order chi connectivity index (χ1) is 13.7. The number of carbonyl (C=O) groups is 1. The van der Waals surface area contributed by atoms with Crippen molar-refractivity contribution in [3.8, 4) is 0 Å². The second-order valence-electron chi connectivity index (χ2n) is 6.80. The first-order valence-corrected chi connectivity index (χ1v) is 9.50. The molecule has 1 aliphatic rings. The number of rotatable bonds is 4. The molecular weight excluding hydrogens is 410 g/mol. The molecule has 1 N–H and O–H groups in total. The normalized spacial score (nSPS) is 15.8. The first kappa shape index (κ1) is 21.4. The smallest absolute Gasteiger partial charge is 0.370 e. The van der Waals surface area contributed by atoms with E-state index < -0.39 is 23.3 Å². The van der Waals surface area contributed by atoms with E-state index in [0.717, 1.165) is 24.7 Å². The van der Waals surface area contributed by atoms with E-state index in [2.05, 4.69) is 10.2 Å². The van der Waals surface area contributed by atoms with Gasteiger partial charge in [0.15, 0.2) is 0 Å². The average Bonchev–Trinajstić information content (AvgIpc) is 2.89. The van der Waals surface area contributed by atoms with Crippen molar-refractivity contribution in [2.75, 3.05) is 42.9 Å². The third-order valence-corrected chi connectivity index (χ3v) is 5.05. The van der Waals surface area contributed by atoms with Crippen molar-refractivity contribution in [1.29, 1.82) is 0 Å². The van der Waals surface area contributed by atoms with Crippen molar-refractivity contribution in [2.45, 2.75) is 12.6 Å². The van der Waals surface area contributed by atoms with E-state index in [4.69, 9.17) is 11.6 Å². The average molecular weight is 430 g/mol. The minimum absolute atomic E-state index is 0.0419. The molecule has 1 fully saturated rings. The summed E-state index contributed by atoms with van der Waals surface area (Å²) in [5.74, 6) is -0.862. The molecule has 0 aliphatic carbocycles. The fraction of sp³-hybridized carbons (Fsp3) is 0.350. The highest BCUT2D eigenvalue weighted by Crippen LogP contribution is 2.38. The Balaban J connectivity index is 1.61. The van der Waals surface area contributed by atoms with Gasteiger partial charge in [-0.1, -0.05) is 17.7 Å². The monoisotopic (exact) mass is 429 g/mol. The molecule has 2 aromatic carbocycles. The van der Waals surface area contributed by atoms with Crippen LogP contribution in [0.4, 0.5) is 28.9 Å². The third-order valence-electron chi connectivity index (χ3n) is 4.73. The van der Waals surface area contributed by atoms with E-state index in [1.165, 1.54) is 24.3 Å². The molecule has 0 spiro atoms. The second-order valence-corrected chi connectivity index (χ2v) is 7.21. The highest BCUT2D eigenvalue weighted by Gasteiger charge is 2.35. The number of alkyl halides is 3. The lowest BCUT2D eigenvalue weighted by Gasteiger charge is -2.23. The molecular formula is C20H20ClF4N3O. The number of carbonyl (C=O) groups excluding carboxylic acids is 1. The predicted molar refractivity (Wildman–Crippen MR) is 105 cm³/mol. The van der Waals surface area contributed by atoms with E-state index in [-0.39, 0.29) is 17.4 Å². The van der Waals surface area contributed by atoms with Crippen LogP contribution >= 0.6 is 11.6 Å². The molecule has 3 rings (SSSR count). The molecule has 1 amide bonds. The van der Waals surface area contributed by atoms with Gasteiger partial charge >= 0.3 is 6.18 Å². The Kier molecular flexibility index (Phi) is 6.64. The van der Waals surface area contributed by atoms with Gasteiger partial charge in [-0.25, -0.2) is 4.39 Å². The van der Waals surface area contributed by atoms with Gasteiger partial charge in [0.05, 0.1) is 22.8 Å². The van der Waals surface area contributed by atoms with Gasteiger partial charge < -0.3 is 10.2 Å². The number of para-hydroxylation sites is 1. The maximum Gasteiger partial charge on any atom is 0.418 e. The van der Waals surface area contributed by atoms with Crippen molar-refractivity contribution in [3.63, 3.8) is 0 Å². The van der Waals surface area contributed by atoms with Gasteiger partial charge in [0.25, 0.3) is 0 Å². The minimum Gasteiger partial charge on any atom is -0.370 e. The molecule has 0 bridgehead atoms. The molecule has 0 atom stereocenters. The van der Waals surface area contributed by atoms with Crippen LogP contribution in [-0.4, -0.2) is 43.5 Å². The summed E-state index contributed by atoms with van der Waals surface area (Å²) in [6, 6.07) is 9.58. The SMILES string of the molecule is O=C(CN1CCCN(c2ccc(F)cc2)CC1)Nc1c(Cl)cccc1C(F)(F)F. The molecule has 0 saturated carbocycles. The lowest BCUT2D eigenvalue weighted by molar-refractivity contribution is -0.137. The van der Waals surface area contributed by atoms with Gasteiger partial charge in [0, 0.05) is 31.9 Å². The highest BCUT2D eigenvalue weighted by molar-refractivity contribution is 6.34.